The zero-order chi connectivity index (χ0) is 51.3. The largest absolute Gasteiger partial charge is 0.212 e. The molecule has 1 aromatic heterocycles. The van der Waals surface area contributed by atoms with Gasteiger partial charge in [0.25, 0.3) is 0 Å². The lowest BCUT2D eigenvalue weighted by molar-refractivity contribution is -0.677. The fourth-order valence-corrected chi connectivity index (χ4v) is 8.89. The second kappa shape index (κ2) is 19.9. The fourth-order valence-electron chi connectivity index (χ4n) is 8.89. The Balaban J connectivity index is 0.000000242. The summed E-state index contributed by atoms with van der Waals surface area (Å²) in [5.74, 6) is -70.6. The van der Waals surface area contributed by atoms with Crippen LogP contribution in [0.25, 0.3) is 11.3 Å². The van der Waals surface area contributed by atoms with Gasteiger partial charge in [0.1, 0.15) is 52.7 Å². The molecule has 1 heterocycles. The van der Waals surface area contributed by atoms with Crippen molar-refractivity contribution in [3.63, 3.8) is 0 Å². The molecule has 70 heavy (non-hydrogen) atoms. The highest BCUT2D eigenvalue weighted by Crippen LogP contribution is 2.34. The molecule has 1 saturated carbocycles. The Morgan fingerprint density at radius 3 is 1.00 bits per heavy atom. The van der Waals surface area contributed by atoms with Gasteiger partial charge in [-0.2, -0.15) is 4.57 Å². The molecule has 1 aliphatic carbocycles. The first kappa shape index (κ1) is 51.0. The quantitative estimate of drug-likeness (QED) is 0.0470. The highest BCUT2D eigenvalue weighted by atomic mass is 19.2. The van der Waals surface area contributed by atoms with Crippen LogP contribution in [0, 0.1) is 116 Å². The van der Waals surface area contributed by atoms with Crippen molar-refractivity contribution in [2.24, 2.45) is 0 Å². The van der Waals surface area contributed by atoms with Crippen LogP contribution in [0.5, 0.6) is 0 Å². The van der Waals surface area contributed by atoms with E-state index in [-0.39, 0.29) is 0 Å². The third kappa shape index (κ3) is 8.41. The Bertz CT molecular complexity index is 2780. The maximum atomic E-state index is 15.4. The average Bonchev–Trinajstić information content (AvgIpc) is 3.37. The summed E-state index contributed by atoms with van der Waals surface area (Å²) in [5, 5.41) is 0. The van der Waals surface area contributed by atoms with Gasteiger partial charge in [0.15, 0.2) is 82.5 Å². The lowest BCUT2D eigenvalue weighted by Gasteiger charge is -2.44. The van der Waals surface area contributed by atoms with Crippen molar-refractivity contribution in [3.8, 4) is 11.3 Å². The summed E-state index contributed by atoms with van der Waals surface area (Å²) in [5.41, 5.74) is -8.89. The van der Waals surface area contributed by atoms with Gasteiger partial charge in [0, 0.05) is 23.3 Å². The molecule has 0 unspecified atom stereocenters. The second-order valence-electron chi connectivity index (χ2n) is 16.0. The van der Waals surface area contributed by atoms with Crippen LogP contribution in [0.2, 0.25) is 0 Å². The normalized spacial score (nSPS) is 13.1. The van der Waals surface area contributed by atoms with E-state index in [2.05, 4.69) is 83.6 Å². The number of rotatable bonds is 8. The molecule has 6 aromatic carbocycles. The molecule has 0 saturated heterocycles. The van der Waals surface area contributed by atoms with E-state index in [1.165, 1.54) is 54.5 Å². The predicted molar refractivity (Wildman–Crippen MR) is 213 cm³/mol. The number of hydrogen-bond donors (Lipinski definition) is 0. The van der Waals surface area contributed by atoms with Gasteiger partial charge in [-0.3, -0.25) is 0 Å². The summed E-state index contributed by atoms with van der Waals surface area (Å²) in [6.07, 6.45) is 1.88. The molecule has 0 N–H and O–H groups in total. The molecule has 0 spiro atoms. The molecule has 0 radical (unpaired) electrons. The smallest absolute Gasteiger partial charge is 0.207 e. The number of aromatic nitrogens is 1. The maximum Gasteiger partial charge on any atom is 0.212 e. The maximum absolute atomic E-state index is 15.4. The minimum Gasteiger partial charge on any atom is -0.207 e. The summed E-state index contributed by atoms with van der Waals surface area (Å²) in [7, 11) is 0. The number of pyridine rings is 1. The van der Waals surface area contributed by atoms with E-state index in [0.717, 1.165) is 12.5 Å². The van der Waals surface area contributed by atoms with Crippen LogP contribution in [0.1, 0.15) is 49.1 Å². The Morgan fingerprint density at radius 1 is 0.343 bits per heavy atom. The van der Waals surface area contributed by atoms with Crippen molar-refractivity contribution < 1.29 is 92.4 Å². The van der Waals surface area contributed by atoms with Gasteiger partial charge in [0.05, 0.1) is 0 Å². The van der Waals surface area contributed by atoms with Gasteiger partial charge >= 0.3 is 0 Å². The highest BCUT2D eigenvalue weighted by molar-refractivity contribution is 7.20. The summed E-state index contributed by atoms with van der Waals surface area (Å²) in [4.78, 5) is 0. The first-order chi connectivity index (χ1) is 33.1. The number of hydrogen-bond acceptors (Lipinski definition) is 0. The van der Waals surface area contributed by atoms with E-state index in [1.54, 1.807) is 0 Å². The van der Waals surface area contributed by atoms with Gasteiger partial charge in [-0.25, -0.2) is 87.8 Å². The minimum absolute atomic E-state index is 0.773. The van der Waals surface area contributed by atoms with Crippen molar-refractivity contribution in [1.82, 2.24) is 0 Å². The lowest BCUT2D eigenvalue weighted by atomic mass is 9.12. The van der Waals surface area contributed by atoms with Crippen LogP contribution in [0.3, 0.4) is 0 Å². The molecule has 1 aliphatic rings. The first-order valence-electron chi connectivity index (χ1n) is 20.5. The van der Waals surface area contributed by atoms with E-state index in [0.29, 0.717) is 0 Å². The Morgan fingerprint density at radius 2 is 0.657 bits per heavy atom. The summed E-state index contributed by atoms with van der Waals surface area (Å²) in [6, 6.07) is 26.5. The van der Waals surface area contributed by atoms with Crippen molar-refractivity contribution >= 4 is 28.0 Å². The molecule has 1 nitrogen and oxygen atoms in total. The predicted octanol–water partition coefficient (Wildman–Crippen LogP) is 11.6. The molecule has 1 fully saturated rings. The van der Waals surface area contributed by atoms with E-state index in [4.69, 9.17) is 0 Å². The zero-order valence-corrected chi connectivity index (χ0v) is 34.9. The molecule has 22 heteroatoms. The number of halogens is 20. The first-order valence-corrected chi connectivity index (χ1v) is 20.5. The van der Waals surface area contributed by atoms with Gasteiger partial charge in [-0.05, 0) is 42.5 Å². The monoisotopic (exact) mass is 1010 g/mol. The molecule has 0 bridgehead atoms. The van der Waals surface area contributed by atoms with Crippen LogP contribution < -0.4 is 26.4 Å². The standard InChI is InChI=1S/C24BF20.C24H26N/c26-5-1(6(27)14(35)21(42)13(5)34)25(2-7(28)15(36)22(43)16(37)8(2)29,3-9(30)17(38)23(44)18(39)10(3)31)4-11(32)19(40)24(45)20(41)12(4)33;1-3-9-20(10-4-1)19-25-18-8-7-13-24(25)23-16-14-22(15-17-23)21-11-5-2-6-12-21/h;1,3-4,7-10,13-18,21H,2,5-6,11-12,19H2/q-1;+1. The van der Waals surface area contributed by atoms with E-state index >= 15 is 35.1 Å². The van der Waals surface area contributed by atoms with Gasteiger partial charge < -0.3 is 0 Å². The van der Waals surface area contributed by atoms with Crippen LogP contribution in [0.15, 0.2) is 79.0 Å². The van der Waals surface area contributed by atoms with Crippen molar-refractivity contribution in [1.29, 1.82) is 0 Å². The van der Waals surface area contributed by atoms with Crippen LogP contribution in [0.4, 0.5) is 87.8 Å². The van der Waals surface area contributed by atoms with E-state index in [9.17, 15) is 52.7 Å². The summed E-state index contributed by atoms with van der Waals surface area (Å²) >= 11 is 0. The Labute approximate surface area is 382 Å². The van der Waals surface area contributed by atoms with Gasteiger partial charge in [0.2, 0.25) is 5.69 Å². The molecule has 0 amide bonds. The van der Waals surface area contributed by atoms with E-state index in [1.807, 2.05) is 0 Å². The SMILES string of the molecule is Fc1c(F)c(F)c([B-](c2c(F)c(F)c(F)c(F)c2F)(c2c(F)c(F)c(F)c(F)c2F)c2c(F)c(F)c(F)c(F)c2F)c(F)c1F.c1ccc(C[n+]2ccccc2-c2ccc(C3CCCCC3)cc2)cc1. The molecule has 8 rings (SSSR count). The third-order valence-corrected chi connectivity index (χ3v) is 12.1. The van der Waals surface area contributed by atoms with E-state index < -0.39 is 144 Å². The van der Waals surface area contributed by atoms with Gasteiger partial charge in [-0.1, -0.05) is 61.7 Å². The lowest BCUT2D eigenvalue weighted by Crippen LogP contribution is -2.81. The molecular formula is C48H26BF20N. The van der Waals surface area contributed by atoms with Crippen LogP contribution in [-0.2, 0) is 6.54 Å². The minimum atomic E-state index is -7.22. The Hall–Kier alpha value is -6.87. The van der Waals surface area contributed by atoms with Crippen LogP contribution >= 0.6 is 0 Å². The fraction of sp³-hybridized carbons (Fsp3) is 0.146. The zero-order valence-electron chi connectivity index (χ0n) is 34.9. The second-order valence-corrected chi connectivity index (χ2v) is 16.0. The number of nitrogens with zero attached hydrogens (tertiary/aromatic N) is 1. The average molecular weight is 1010 g/mol. The topological polar surface area (TPSA) is 3.88 Å². The molecule has 7 aromatic rings. The molecule has 366 valence electrons. The van der Waals surface area contributed by atoms with Crippen molar-refractivity contribution in [2.75, 3.05) is 0 Å². The molecule has 0 atom stereocenters. The Kier molecular flexibility index (Phi) is 14.5. The number of benzene rings is 6. The van der Waals surface area contributed by atoms with Crippen LogP contribution in [-0.4, -0.2) is 6.15 Å². The molecule has 0 aliphatic heterocycles. The molecular weight excluding hydrogens is 981 g/mol. The van der Waals surface area contributed by atoms with Crippen molar-refractivity contribution in [2.45, 2.75) is 44.6 Å². The summed E-state index contributed by atoms with van der Waals surface area (Å²) in [6.45, 7) is 0.904. The summed E-state index contributed by atoms with van der Waals surface area (Å²) < 4.78 is 296. The highest BCUT2D eigenvalue weighted by Gasteiger charge is 2.52. The van der Waals surface area contributed by atoms with Gasteiger partial charge in [-0.15, -0.1) is 21.9 Å². The third-order valence-electron chi connectivity index (χ3n) is 12.1. The van der Waals surface area contributed by atoms with Crippen molar-refractivity contribution in [3.05, 3.63) is 206 Å².